The summed E-state index contributed by atoms with van der Waals surface area (Å²) in [5, 5.41) is 0. The highest BCUT2D eigenvalue weighted by Gasteiger charge is 2.48. The standard InChI is InChI=1S/C17H26N2O/c1-16(2)10-15(17(3,4)20-16)19-9-8-12-6-5-7-14(18)13(12)11-19/h5-7,15H,8-11,18H2,1-4H3. The lowest BCUT2D eigenvalue weighted by Crippen LogP contribution is -2.48. The van der Waals surface area contributed by atoms with Crippen LogP contribution in [-0.2, 0) is 17.7 Å². The predicted molar refractivity (Wildman–Crippen MR) is 82.6 cm³/mol. The van der Waals surface area contributed by atoms with Crippen LogP contribution in [0.2, 0.25) is 0 Å². The molecule has 0 aromatic heterocycles. The molecule has 3 nitrogen and oxygen atoms in total. The summed E-state index contributed by atoms with van der Waals surface area (Å²) in [6.07, 6.45) is 2.18. The molecule has 1 saturated heterocycles. The SMILES string of the molecule is CC1(C)CC(N2CCc3cccc(N)c3C2)C(C)(C)O1. The Bertz CT molecular complexity index is 522. The van der Waals surface area contributed by atoms with Crippen LogP contribution in [0.25, 0.3) is 0 Å². The van der Waals surface area contributed by atoms with Crippen LogP contribution in [0, 0.1) is 0 Å². The topological polar surface area (TPSA) is 38.5 Å². The van der Waals surface area contributed by atoms with Crippen LogP contribution in [0.4, 0.5) is 5.69 Å². The maximum atomic E-state index is 6.25. The molecule has 0 bridgehead atoms. The van der Waals surface area contributed by atoms with Crippen molar-refractivity contribution in [3.63, 3.8) is 0 Å². The molecule has 20 heavy (non-hydrogen) atoms. The Morgan fingerprint density at radius 2 is 2.00 bits per heavy atom. The fraction of sp³-hybridized carbons (Fsp3) is 0.647. The summed E-state index contributed by atoms with van der Waals surface area (Å²) in [5.74, 6) is 0. The average Bonchev–Trinajstić information content (AvgIpc) is 2.57. The molecular formula is C17H26N2O. The normalized spacial score (nSPS) is 28.3. The minimum absolute atomic E-state index is 0.0311. The van der Waals surface area contributed by atoms with E-state index >= 15 is 0 Å². The maximum absolute atomic E-state index is 6.25. The van der Waals surface area contributed by atoms with Gasteiger partial charge in [0.15, 0.2) is 0 Å². The van der Waals surface area contributed by atoms with Crippen LogP contribution >= 0.6 is 0 Å². The van der Waals surface area contributed by atoms with E-state index in [1.807, 2.05) is 6.07 Å². The van der Waals surface area contributed by atoms with Crippen LogP contribution in [0.5, 0.6) is 0 Å². The van der Waals surface area contributed by atoms with E-state index in [4.69, 9.17) is 10.5 Å². The molecule has 2 heterocycles. The molecule has 1 unspecified atom stereocenters. The lowest BCUT2D eigenvalue weighted by atomic mass is 9.89. The molecule has 110 valence electrons. The third kappa shape index (κ3) is 2.33. The Balaban J connectivity index is 1.86. The number of nitrogens with two attached hydrogens (primary N) is 1. The molecule has 3 heteroatoms. The Morgan fingerprint density at radius 3 is 2.65 bits per heavy atom. The van der Waals surface area contributed by atoms with Crippen molar-refractivity contribution in [3.8, 4) is 0 Å². The predicted octanol–water partition coefficient (Wildman–Crippen LogP) is 2.97. The Kier molecular flexibility index (Phi) is 3.11. The van der Waals surface area contributed by atoms with E-state index < -0.39 is 0 Å². The number of benzene rings is 1. The highest BCUT2D eigenvalue weighted by Crippen LogP contribution is 2.41. The molecule has 1 aromatic carbocycles. The molecule has 0 spiro atoms. The smallest absolute Gasteiger partial charge is 0.0789 e. The first-order chi connectivity index (χ1) is 9.28. The van der Waals surface area contributed by atoms with Gasteiger partial charge in [0, 0.05) is 24.8 Å². The maximum Gasteiger partial charge on any atom is 0.0789 e. The lowest BCUT2D eigenvalue weighted by molar-refractivity contribution is -0.0816. The van der Waals surface area contributed by atoms with Gasteiger partial charge in [-0.15, -0.1) is 0 Å². The van der Waals surface area contributed by atoms with Gasteiger partial charge in [-0.1, -0.05) is 12.1 Å². The summed E-state index contributed by atoms with van der Waals surface area (Å²) < 4.78 is 6.25. The van der Waals surface area contributed by atoms with Gasteiger partial charge < -0.3 is 10.5 Å². The Morgan fingerprint density at radius 1 is 1.25 bits per heavy atom. The van der Waals surface area contributed by atoms with E-state index in [9.17, 15) is 0 Å². The first-order valence-electron chi connectivity index (χ1n) is 7.59. The van der Waals surface area contributed by atoms with E-state index in [2.05, 4.69) is 44.7 Å². The number of hydrogen-bond acceptors (Lipinski definition) is 3. The molecule has 1 fully saturated rings. The van der Waals surface area contributed by atoms with Gasteiger partial charge in [-0.25, -0.2) is 0 Å². The van der Waals surface area contributed by atoms with Crippen LogP contribution < -0.4 is 5.73 Å². The average molecular weight is 274 g/mol. The molecule has 2 aliphatic heterocycles. The van der Waals surface area contributed by atoms with Gasteiger partial charge in [0.25, 0.3) is 0 Å². The Labute approximate surface area is 122 Å². The number of nitrogens with zero attached hydrogens (tertiary/aromatic N) is 1. The highest BCUT2D eigenvalue weighted by atomic mass is 16.5. The molecule has 2 aliphatic rings. The summed E-state index contributed by atoms with van der Waals surface area (Å²) in [6, 6.07) is 6.76. The zero-order chi connectivity index (χ0) is 14.5. The number of anilines is 1. The van der Waals surface area contributed by atoms with Crippen molar-refractivity contribution in [3.05, 3.63) is 29.3 Å². The van der Waals surface area contributed by atoms with Crippen LogP contribution in [0.1, 0.15) is 45.2 Å². The van der Waals surface area contributed by atoms with Crippen molar-refractivity contribution in [2.24, 2.45) is 0 Å². The fourth-order valence-corrected chi connectivity index (χ4v) is 4.00. The second kappa shape index (κ2) is 4.47. The second-order valence-corrected chi connectivity index (χ2v) is 7.39. The summed E-state index contributed by atoms with van der Waals surface area (Å²) >= 11 is 0. The summed E-state index contributed by atoms with van der Waals surface area (Å²) in [4.78, 5) is 2.56. The molecule has 3 rings (SSSR count). The van der Waals surface area contributed by atoms with Gasteiger partial charge in [-0.3, -0.25) is 4.90 Å². The van der Waals surface area contributed by atoms with Crippen molar-refractivity contribution < 1.29 is 4.74 Å². The van der Waals surface area contributed by atoms with E-state index in [0.29, 0.717) is 6.04 Å². The van der Waals surface area contributed by atoms with Gasteiger partial charge >= 0.3 is 0 Å². The van der Waals surface area contributed by atoms with Crippen LogP contribution in [-0.4, -0.2) is 28.7 Å². The molecule has 0 aliphatic carbocycles. The summed E-state index contributed by atoms with van der Waals surface area (Å²) in [6.45, 7) is 10.9. The van der Waals surface area contributed by atoms with Crippen molar-refractivity contribution in [1.82, 2.24) is 4.90 Å². The zero-order valence-electron chi connectivity index (χ0n) is 13.1. The first kappa shape index (κ1) is 13.9. The van der Waals surface area contributed by atoms with Crippen LogP contribution in [0.15, 0.2) is 18.2 Å². The quantitative estimate of drug-likeness (QED) is 0.800. The fourth-order valence-electron chi connectivity index (χ4n) is 4.00. The second-order valence-electron chi connectivity index (χ2n) is 7.39. The lowest BCUT2D eigenvalue weighted by Gasteiger charge is -2.39. The summed E-state index contributed by atoms with van der Waals surface area (Å²) in [5.41, 5.74) is 9.71. The number of nitrogen functional groups attached to an aromatic ring is 1. The molecule has 0 amide bonds. The monoisotopic (exact) mass is 274 g/mol. The van der Waals surface area contributed by atoms with Gasteiger partial charge in [0.2, 0.25) is 0 Å². The minimum Gasteiger partial charge on any atom is -0.398 e. The number of hydrogen-bond donors (Lipinski definition) is 1. The summed E-state index contributed by atoms with van der Waals surface area (Å²) in [7, 11) is 0. The molecule has 1 aromatic rings. The number of rotatable bonds is 1. The van der Waals surface area contributed by atoms with E-state index in [1.165, 1.54) is 11.1 Å². The van der Waals surface area contributed by atoms with Gasteiger partial charge in [-0.05, 0) is 57.7 Å². The van der Waals surface area contributed by atoms with Crippen molar-refractivity contribution >= 4 is 5.69 Å². The Hall–Kier alpha value is -1.06. The van der Waals surface area contributed by atoms with Crippen molar-refractivity contribution in [2.45, 2.75) is 64.3 Å². The molecule has 1 atom stereocenters. The largest absolute Gasteiger partial charge is 0.398 e. The molecule has 2 N–H and O–H groups in total. The van der Waals surface area contributed by atoms with Crippen molar-refractivity contribution in [1.29, 1.82) is 0 Å². The van der Waals surface area contributed by atoms with E-state index in [0.717, 1.165) is 31.6 Å². The van der Waals surface area contributed by atoms with Gasteiger partial charge in [0.05, 0.1) is 11.2 Å². The number of ether oxygens (including phenoxy) is 1. The third-order valence-electron chi connectivity index (χ3n) is 4.81. The molecule has 0 saturated carbocycles. The van der Waals surface area contributed by atoms with E-state index in [1.54, 1.807) is 0 Å². The highest BCUT2D eigenvalue weighted by molar-refractivity contribution is 5.51. The van der Waals surface area contributed by atoms with Crippen LogP contribution in [0.3, 0.4) is 0 Å². The molecular weight excluding hydrogens is 248 g/mol. The van der Waals surface area contributed by atoms with Gasteiger partial charge in [-0.2, -0.15) is 0 Å². The molecule has 0 radical (unpaired) electrons. The van der Waals surface area contributed by atoms with E-state index in [-0.39, 0.29) is 11.2 Å². The minimum atomic E-state index is -0.0927. The zero-order valence-corrected chi connectivity index (χ0v) is 13.1. The van der Waals surface area contributed by atoms with Crippen molar-refractivity contribution in [2.75, 3.05) is 12.3 Å². The number of fused-ring (bicyclic) bond motifs is 1. The first-order valence-corrected chi connectivity index (χ1v) is 7.59. The van der Waals surface area contributed by atoms with Gasteiger partial charge in [0.1, 0.15) is 0 Å². The third-order valence-corrected chi connectivity index (χ3v) is 4.81.